The number of hydrogen-bond donors (Lipinski definition) is 2. The van der Waals surface area contributed by atoms with E-state index in [4.69, 9.17) is 0 Å². The van der Waals surface area contributed by atoms with Crippen molar-refractivity contribution in [3.63, 3.8) is 0 Å². The molecule has 0 radical (unpaired) electrons. The van der Waals surface area contributed by atoms with Crippen LogP contribution in [0.4, 0.5) is 11.4 Å². The van der Waals surface area contributed by atoms with Gasteiger partial charge in [0.05, 0.1) is 43.0 Å². The summed E-state index contributed by atoms with van der Waals surface area (Å²) in [5, 5.41) is 14.4. The summed E-state index contributed by atoms with van der Waals surface area (Å²) < 4.78 is 26.9. The molecule has 0 bridgehead atoms. The van der Waals surface area contributed by atoms with Gasteiger partial charge in [-0.05, 0) is 32.9 Å². The first-order chi connectivity index (χ1) is 11.0. The Labute approximate surface area is 142 Å². The maximum absolute atomic E-state index is 12.7. The van der Waals surface area contributed by atoms with Crippen LogP contribution in [-0.4, -0.2) is 56.4 Å². The van der Waals surface area contributed by atoms with Gasteiger partial charge in [-0.3, -0.25) is 10.1 Å². The number of nitrogens with zero attached hydrogens (tertiary/aromatic N) is 2. The average molecular weight is 357 g/mol. The molecule has 1 aliphatic heterocycles. The van der Waals surface area contributed by atoms with Crippen molar-refractivity contribution in [2.75, 3.05) is 38.5 Å². The number of likely N-dealkylation sites (N-methyl/N-ethyl adjacent to an activating group) is 1. The Morgan fingerprint density at radius 1 is 1.25 bits per heavy atom. The molecule has 0 atom stereocenters. The molecule has 1 aromatic carbocycles. The van der Waals surface area contributed by atoms with Crippen molar-refractivity contribution < 1.29 is 18.2 Å². The van der Waals surface area contributed by atoms with Crippen LogP contribution >= 0.6 is 0 Å². The Kier molecular flexibility index (Phi) is 5.17. The summed E-state index contributed by atoms with van der Waals surface area (Å²) >= 11 is 0. The number of nitro benzene ring substituents is 1. The number of benzene rings is 1. The summed E-state index contributed by atoms with van der Waals surface area (Å²) in [6.45, 7) is 7.94. The van der Waals surface area contributed by atoms with E-state index >= 15 is 0 Å². The number of nitro groups is 1. The summed E-state index contributed by atoms with van der Waals surface area (Å²) in [6.07, 6.45) is 0. The number of quaternary nitrogens is 1. The summed E-state index contributed by atoms with van der Waals surface area (Å²) in [6, 6.07) is 4.05. The van der Waals surface area contributed by atoms with Crippen LogP contribution in [0, 0.1) is 10.1 Å². The van der Waals surface area contributed by atoms with Gasteiger partial charge in [-0.2, -0.15) is 4.31 Å². The van der Waals surface area contributed by atoms with Crippen molar-refractivity contribution in [3.8, 4) is 0 Å². The van der Waals surface area contributed by atoms with Gasteiger partial charge >= 0.3 is 0 Å². The molecule has 2 N–H and O–H groups in total. The normalized spacial score (nSPS) is 17.7. The largest absolute Gasteiger partial charge is 0.375 e. The molecule has 0 spiro atoms. The second kappa shape index (κ2) is 6.66. The highest BCUT2D eigenvalue weighted by molar-refractivity contribution is 7.89. The van der Waals surface area contributed by atoms with E-state index < -0.39 is 14.9 Å². The second-order valence-corrected chi connectivity index (χ2v) is 9.11. The van der Waals surface area contributed by atoms with Crippen molar-refractivity contribution >= 4 is 21.4 Å². The number of anilines is 1. The van der Waals surface area contributed by atoms with E-state index in [2.05, 4.69) is 5.32 Å². The van der Waals surface area contributed by atoms with Crippen molar-refractivity contribution in [1.29, 1.82) is 0 Å². The third-order valence-corrected chi connectivity index (χ3v) is 5.78. The summed E-state index contributed by atoms with van der Waals surface area (Å²) in [7, 11) is -1.70. The molecule has 9 heteroatoms. The van der Waals surface area contributed by atoms with E-state index in [1.54, 1.807) is 0 Å². The van der Waals surface area contributed by atoms with E-state index in [1.807, 2.05) is 27.8 Å². The Hall–Kier alpha value is -1.71. The van der Waals surface area contributed by atoms with E-state index in [0.29, 0.717) is 18.8 Å². The van der Waals surface area contributed by atoms with Gasteiger partial charge < -0.3 is 10.2 Å². The highest BCUT2D eigenvalue weighted by atomic mass is 32.2. The quantitative estimate of drug-likeness (QED) is 0.598. The van der Waals surface area contributed by atoms with Crippen LogP contribution < -0.4 is 10.2 Å². The van der Waals surface area contributed by atoms with E-state index in [-0.39, 0.29) is 16.1 Å². The van der Waals surface area contributed by atoms with Crippen LogP contribution in [0.3, 0.4) is 0 Å². The first-order valence-electron chi connectivity index (χ1n) is 7.89. The molecule has 0 unspecified atom stereocenters. The molecule has 1 saturated heterocycles. The lowest BCUT2D eigenvalue weighted by atomic mass is 10.1. The fraction of sp³-hybridized carbons (Fsp3) is 0.600. The molecule has 0 amide bonds. The number of hydrogen-bond acceptors (Lipinski definition) is 5. The Balaban J connectivity index is 2.37. The molecule has 8 nitrogen and oxygen atoms in total. The third kappa shape index (κ3) is 4.22. The van der Waals surface area contributed by atoms with Gasteiger partial charge in [0, 0.05) is 11.6 Å². The third-order valence-electron chi connectivity index (χ3n) is 3.89. The number of rotatable bonds is 4. The maximum Gasteiger partial charge on any atom is 0.293 e. The standard InChI is InChI=1S/C15H24N4O4S/c1-15(2,3)16-13-6-5-12(11-14(13)19(20)21)24(22,23)18-9-7-17(4)8-10-18/h5-6,11,16H,7-10H2,1-4H3/p+1. The Morgan fingerprint density at radius 3 is 2.33 bits per heavy atom. The molecule has 0 aliphatic carbocycles. The van der Waals surface area contributed by atoms with Crippen molar-refractivity contribution in [2.24, 2.45) is 0 Å². The number of nitrogens with one attached hydrogen (secondary N) is 2. The van der Waals surface area contributed by atoms with Crippen LogP contribution in [0.25, 0.3) is 0 Å². The molecule has 1 aliphatic rings. The Bertz CT molecular complexity index is 719. The van der Waals surface area contributed by atoms with Gasteiger partial charge in [0.2, 0.25) is 10.0 Å². The molecule has 1 aromatic rings. The minimum absolute atomic E-state index is 0.0341. The zero-order valence-electron chi connectivity index (χ0n) is 14.5. The first kappa shape index (κ1) is 18.6. The molecule has 134 valence electrons. The summed E-state index contributed by atoms with van der Waals surface area (Å²) in [5.41, 5.74) is -0.286. The van der Waals surface area contributed by atoms with Crippen LogP contribution in [-0.2, 0) is 10.0 Å². The maximum atomic E-state index is 12.7. The van der Waals surface area contributed by atoms with Gasteiger partial charge in [-0.1, -0.05) is 0 Å². The van der Waals surface area contributed by atoms with Crippen LogP contribution in [0.1, 0.15) is 20.8 Å². The smallest absolute Gasteiger partial charge is 0.293 e. The van der Waals surface area contributed by atoms with Crippen molar-refractivity contribution in [3.05, 3.63) is 28.3 Å². The molecule has 24 heavy (non-hydrogen) atoms. The molecular formula is C15H25N4O4S+. The predicted molar refractivity (Wildman–Crippen MR) is 91.9 cm³/mol. The first-order valence-corrected chi connectivity index (χ1v) is 9.33. The van der Waals surface area contributed by atoms with Gasteiger partial charge in [0.1, 0.15) is 5.69 Å². The minimum atomic E-state index is -3.71. The topological polar surface area (TPSA) is 97.0 Å². The van der Waals surface area contributed by atoms with E-state index in [9.17, 15) is 18.5 Å². The number of sulfonamides is 1. The van der Waals surface area contributed by atoms with Crippen LogP contribution in [0.5, 0.6) is 0 Å². The van der Waals surface area contributed by atoms with Crippen molar-refractivity contribution in [2.45, 2.75) is 31.2 Å². The van der Waals surface area contributed by atoms with Gasteiger partial charge in [0.15, 0.2) is 0 Å². The molecular weight excluding hydrogens is 332 g/mol. The summed E-state index contributed by atoms with van der Waals surface area (Å²) in [4.78, 5) is 12.0. The van der Waals surface area contributed by atoms with E-state index in [1.165, 1.54) is 21.3 Å². The minimum Gasteiger partial charge on any atom is -0.375 e. The van der Waals surface area contributed by atoms with Crippen LogP contribution in [0.15, 0.2) is 23.1 Å². The fourth-order valence-corrected chi connectivity index (χ4v) is 4.05. The molecule has 1 fully saturated rings. The lowest BCUT2D eigenvalue weighted by Crippen LogP contribution is -3.12. The zero-order chi connectivity index (χ0) is 18.1. The predicted octanol–water partition coefficient (Wildman–Crippen LogP) is 0.324. The SMILES string of the molecule is C[NH+]1CCN(S(=O)(=O)c2ccc(NC(C)(C)C)c([N+](=O)[O-])c2)CC1. The molecule has 2 rings (SSSR count). The van der Waals surface area contributed by atoms with Gasteiger partial charge in [-0.15, -0.1) is 0 Å². The number of piperazine rings is 1. The average Bonchev–Trinajstić information content (AvgIpc) is 2.46. The van der Waals surface area contributed by atoms with Crippen molar-refractivity contribution in [1.82, 2.24) is 4.31 Å². The summed E-state index contributed by atoms with van der Waals surface area (Å²) in [5.74, 6) is 0. The van der Waals surface area contributed by atoms with Gasteiger partial charge in [0.25, 0.3) is 5.69 Å². The Morgan fingerprint density at radius 2 is 1.83 bits per heavy atom. The monoisotopic (exact) mass is 357 g/mol. The lowest BCUT2D eigenvalue weighted by Gasteiger charge is -2.29. The highest BCUT2D eigenvalue weighted by Crippen LogP contribution is 2.30. The highest BCUT2D eigenvalue weighted by Gasteiger charge is 2.31. The molecule has 0 aromatic heterocycles. The zero-order valence-corrected chi connectivity index (χ0v) is 15.3. The van der Waals surface area contributed by atoms with E-state index in [0.717, 1.165) is 19.2 Å². The second-order valence-electron chi connectivity index (χ2n) is 7.17. The molecule has 1 heterocycles. The lowest BCUT2D eigenvalue weighted by molar-refractivity contribution is -0.883. The van der Waals surface area contributed by atoms with Gasteiger partial charge in [-0.25, -0.2) is 8.42 Å². The fourth-order valence-electron chi connectivity index (χ4n) is 2.59. The van der Waals surface area contributed by atoms with Crippen LogP contribution in [0.2, 0.25) is 0 Å². The molecule has 0 saturated carbocycles.